The van der Waals surface area contributed by atoms with Crippen LogP contribution in [-0.4, -0.2) is 35.7 Å². The molecule has 4 heteroatoms. The molecular formula is C14H23N3O. The van der Waals surface area contributed by atoms with Crippen molar-refractivity contribution in [1.82, 2.24) is 9.88 Å². The van der Waals surface area contributed by atoms with Gasteiger partial charge in [-0.05, 0) is 37.5 Å². The minimum Gasteiger partial charge on any atom is -0.378 e. The second kappa shape index (κ2) is 6.83. The summed E-state index contributed by atoms with van der Waals surface area (Å²) < 4.78 is 5.66. The fourth-order valence-corrected chi connectivity index (χ4v) is 2.47. The fraction of sp³-hybridized carbons (Fsp3) is 0.643. The van der Waals surface area contributed by atoms with Crippen molar-refractivity contribution in [3.63, 3.8) is 0 Å². The quantitative estimate of drug-likeness (QED) is 0.860. The van der Waals surface area contributed by atoms with Crippen molar-refractivity contribution in [2.24, 2.45) is 5.73 Å². The third-order valence-corrected chi connectivity index (χ3v) is 3.43. The molecule has 1 aromatic rings. The summed E-state index contributed by atoms with van der Waals surface area (Å²) in [5.74, 6) is 0. The van der Waals surface area contributed by atoms with Crippen molar-refractivity contribution >= 4 is 0 Å². The van der Waals surface area contributed by atoms with Gasteiger partial charge in [-0.25, -0.2) is 0 Å². The average molecular weight is 249 g/mol. The second-order valence-electron chi connectivity index (χ2n) is 4.79. The summed E-state index contributed by atoms with van der Waals surface area (Å²) in [5, 5.41) is 0. The Kier molecular flexibility index (Phi) is 5.11. The lowest BCUT2D eigenvalue weighted by Crippen LogP contribution is -2.36. The highest BCUT2D eigenvalue weighted by Crippen LogP contribution is 2.16. The maximum Gasteiger partial charge on any atom is 0.0599 e. The van der Waals surface area contributed by atoms with Crippen molar-refractivity contribution in [3.05, 3.63) is 29.6 Å². The Balaban J connectivity index is 1.83. The van der Waals surface area contributed by atoms with E-state index in [2.05, 4.69) is 28.9 Å². The summed E-state index contributed by atoms with van der Waals surface area (Å²) in [6, 6.07) is 4.18. The Morgan fingerprint density at radius 3 is 2.89 bits per heavy atom. The standard InChI is InChI=1S/C14H23N3O/c1-2-18-14-4-7-17(8-5-14)11-12-3-6-16-13(9-12)10-15/h3,6,9,14H,2,4-5,7-8,10-11,15H2,1H3. The second-order valence-corrected chi connectivity index (χ2v) is 4.79. The van der Waals surface area contributed by atoms with Crippen LogP contribution in [0.3, 0.4) is 0 Å². The molecule has 18 heavy (non-hydrogen) atoms. The van der Waals surface area contributed by atoms with Gasteiger partial charge in [-0.15, -0.1) is 0 Å². The number of nitrogens with zero attached hydrogens (tertiary/aromatic N) is 2. The molecule has 1 saturated heterocycles. The summed E-state index contributed by atoms with van der Waals surface area (Å²) in [7, 11) is 0. The average Bonchev–Trinajstić information content (AvgIpc) is 2.42. The Labute approximate surface area is 109 Å². The van der Waals surface area contributed by atoms with Crippen LogP contribution >= 0.6 is 0 Å². The maximum atomic E-state index is 5.66. The number of hydrogen-bond acceptors (Lipinski definition) is 4. The highest BCUT2D eigenvalue weighted by molar-refractivity contribution is 5.16. The van der Waals surface area contributed by atoms with Crippen molar-refractivity contribution in [3.8, 4) is 0 Å². The first kappa shape index (κ1) is 13.5. The third kappa shape index (κ3) is 3.77. The van der Waals surface area contributed by atoms with Gasteiger partial charge in [-0.3, -0.25) is 9.88 Å². The first-order chi connectivity index (χ1) is 8.81. The highest BCUT2D eigenvalue weighted by Gasteiger charge is 2.19. The minimum atomic E-state index is 0.461. The molecule has 2 rings (SSSR count). The SMILES string of the molecule is CCOC1CCN(Cc2ccnc(CN)c2)CC1. The molecule has 2 N–H and O–H groups in total. The van der Waals surface area contributed by atoms with E-state index in [1.165, 1.54) is 5.56 Å². The molecule has 1 aliphatic rings. The predicted molar refractivity (Wildman–Crippen MR) is 72.1 cm³/mol. The lowest BCUT2D eigenvalue weighted by Gasteiger charge is -2.31. The molecule has 100 valence electrons. The molecule has 0 radical (unpaired) electrons. The van der Waals surface area contributed by atoms with Crippen LogP contribution in [0.5, 0.6) is 0 Å². The van der Waals surface area contributed by atoms with Gasteiger partial charge in [0.25, 0.3) is 0 Å². The normalized spacial score (nSPS) is 18.1. The van der Waals surface area contributed by atoms with E-state index in [0.717, 1.165) is 44.8 Å². The molecule has 0 spiro atoms. The molecule has 2 heterocycles. The maximum absolute atomic E-state index is 5.66. The number of likely N-dealkylation sites (tertiary alicyclic amines) is 1. The highest BCUT2D eigenvalue weighted by atomic mass is 16.5. The van der Waals surface area contributed by atoms with Crippen LogP contribution in [0.25, 0.3) is 0 Å². The van der Waals surface area contributed by atoms with Crippen LogP contribution in [-0.2, 0) is 17.8 Å². The molecular weight excluding hydrogens is 226 g/mol. The molecule has 0 saturated carbocycles. The van der Waals surface area contributed by atoms with E-state index in [-0.39, 0.29) is 0 Å². The molecule has 0 atom stereocenters. The zero-order valence-electron chi connectivity index (χ0n) is 11.1. The summed E-state index contributed by atoms with van der Waals surface area (Å²) in [6.45, 7) is 6.64. The molecule has 1 aromatic heterocycles. The van der Waals surface area contributed by atoms with Crippen molar-refractivity contribution in [2.75, 3.05) is 19.7 Å². The Bertz CT molecular complexity index is 362. The number of nitrogens with two attached hydrogens (primary N) is 1. The molecule has 1 aliphatic heterocycles. The zero-order valence-corrected chi connectivity index (χ0v) is 11.1. The zero-order chi connectivity index (χ0) is 12.8. The van der Waals surface area contributed by atoms with Gasteiger partial charge >= 0.3 is 0 Å². The lowest BCUT2D eigenvalue weighted by molar-refractivity contribution is 0.0125. The molecule has 1 fully saturated rings. The number of ether oxygens (including phenoxy) is 1. The van der Waals surface area contributed by atoms with Gasteiger partial charge in [0.1, 0.15) is 0 Å². The number of hydrogen-bond donors (Lipinski definition) is 1. The monoisotopic (exact) mass is 249 g/mol. The van der Waals surface area contributed by atoms with E-state index in [9.17, 15) is 0 Å². The largest absolute Gasteiger partial charge is 0.378 e. The Morgan fingerprint density at radius 2 is 2.22 bits per heavy atom. The van der Waals surface area contributed by atoms with Gasteiger partial charge in [0, 0.05) is 39.0 Å². The van der Waals surface area contributed by atoms with E-state index in [1.54, 1.807) is 0 Å². The van der Waals surface area contributed by atoms with Gasteiger partial charge in [0.05, 0.1) is 11.8 Å². The molecule has 0 unspecified atom stereocenters. The van der Waals surface area contributed by atoms with Crippen molar-refractivity contribution in [1.29, 1.82) is 0 Å². The lowest BCUT2D eigenvalue weighted by atomic mass is 10.1. The van der Waals surface area contributed by atoms with E-state index in [0.29, 0.717) is 12.6 Å². The van der Waals surface area contributed by atoms with E-state index < -0.39 is 0 Å². The first-order valence-corrected chi connectivity index (χ1v) is 6.79. The van der Waals surface area contributed by atoms with Crippen LogP contribution in [0.1, 0.15) is 31.0 Å². The third-order valence-electron chi connectivity index (χ3n) is 3.43. The van der Waals surface area contributed by atoms with Crippen LogP contribution in [0.15, 0.2) is 18.3 Å². The molecule has 0 amide bonds. The Morgan fingerprint density at radius 1 is 1.44 bits per heavy atom. The predicted octanol–water partition coefficient (Wildman–Crippen LogP) is 1.54. The van der Waals surface area contributed by atoms with E-state index in [4.69, 9.17) is 10.5 Å². The number of piperidine rings is 1. The van der Waals surface area contributed by atoms with Gasteiger partial charge in [-0.1, -0.05) is 0 Å². The van der Waals surface area contributed by atoms with Gasteiger partial charge in [0.2, 0.25) is 0 Å². The number of rotatable bonds is 5. The van der Waals surface area contributed by atoms with Crippen LogP contribution < -0.4 is 5.73 Å². The summed E-state index contributed by atoms with van der Waals surface area (Å²) in [5.41, 5.74) is 7.89. The van der Waals surface area contributed by atoms with Crippen LogP contribution in [0.2, 0.25) is 0 Å². The van der Waals surface area contributed by atoms with Gasteiger partial charge < -0.3 is 10.5 Å². The van der Waals surface area contributed by atoms with Gasteiger partial charge in [-0.2, -0.15) is 0 Å². The molecule has 0 aliphatic carbocycles. The minimum absolute atomic E-state index is 0.461. The molecule has 0 bridgehead atoms. The van der Waals surface area contributed by atoms with Crippen LogP contribution in [0, 0.1) is 0 Å². The first-order valence-electron chi connectivity index (χ1n) is 6.79. The summed E-state index contributed by atoms with van der Waals surface area (Å²) >= 11 is 0. The summed E-state index contributed by atoms with van der Waals surface area (Å²) in [6.07, 6.45) is 4.60. The van der Waals surface area contributed by atoms with Crippen molar-refractivity contribution in [2.45, 2.75) is 39.0 Å². The number of aromatic nitrogens is 1. The summed E-state index contributed by atoms with van der Waals surface area (Å²) in [4.78, 5) is 6.70. The van der Waals surface area contributed by atoms with E-state index >= 15 is 0 Å². The van der Waals surface area contributed by atoms with E-state index in [1.807, 2.05) is 6.20 Å². The number of pyridine rings is 1. The topological polar surface area (TPSA) is 51.4 Å². The molecule has 4 nitrogen and oxygen atoms in total. The molecule has 0 aromatic carbocycles. The van der Waals surface area contributed by atoms with Gasteiger partial charge in [0.15, 0.2) is 0 Å². The fourth-order valence-electron chi connectivity index (χ4n) is 2.47. The van der Waals surface area contributed by atoms with Crippen molar-refractivity contribution < 1.29 is 4.74 Å². The Hall–Kier alpha value is -0.970. The van der Waals surface area contributed by atoms with Crippen LogP contribution in [0.4, 0.5) is 0 Å². The smallest absolute Gasteiger partial charge is 0.0599 e.